The quantitative estimate of drug-likeness (QED) is 0.577. The van der Waals surface area contributed by atoms with Gasteiger partial charge in [-0.3, -0.25) is 5.41 Å². The highest BCUT2D eigenvalue weighted by Crippen LogP contribution is 2.31. The molecule has 0 aromatic heterocycles. The molecule has 4 N–H and O–H groups in total. The van der Waals surface area contributed by atoms with Crippen LogP contribution in [0.25, 0.3) is 10.8 Å². The highest BCUT2D eigenvalue weighted by Gasteiger charge is 2.19. The number of benzene rings is 2. The van der Waals surface area contributed by atoms with Crippen molar-refractivity contribution in [1.82, 2.24) is 0 Å². The van der Waals surface area contributed by atoms with E-state index >= 15 is 0 Å². The number of nitrogen functional groups attached to an aromatic ring is 1. The Morgan fingerprint density at radius 1 is 1.10 bits per heavy atom. The van der Waals surface area contributed by atoms with E-state index in [4.69, 9.17) is 11.1 Å². The van der Waals surface area contributed by atoms with Crippen molar-refractivity contribution in [2.45, 2.75) is 18.9 Å². The van der Waals surface area contributed by atoms with Crippen molar-refractivity contribution in [1.29, 1.82) is 5.41 Å². The summed E-state index contributed by atoms with van der Waals surface area (Å²) >= 11 is 0. The highest BCUT2D eigenvalue weighted by molar-refractivity contribution is 6.10. The molecular formula is C16H19N3O. The first-order valence-electron chi connectivity index (χ1n) is 6.96. The largest absolute Gasteiger partial charge is 0.393 e. The molecule has 1 fully saturated rings. The Bertz CT molecular complexity index is 645. The number of hydrogen-bond acceptors (Lipinski definition) is 3. The van der Waals surface area contributed by atoms with Gasteiger partial charge in [0.25, 0.3) is 0 Å². The van der Waals surface area contributed by atoms with Crippen LogP contribution in [0.3, 0.4) is 0 Å². The molecule has 4 nitrogen and oxygen atoms in total. The van der Waals surface area contributed by atoms with Gasteiger partial charge >= 0.3 is 0 Å². The summed E-state index contributed by atoms with van der Waals surface area (Å²) in [6, 6.07) is 12.0. The molecule has 0 aliphatic carbocycles. The van der Waals surface area contributed by atoms with Crippen LogP contribution in [0.1, 0.15) is 18.4 Å². The van der Waals surface area contributed by atoms with Gasteiger partial charge in [0.1, 0.15) is 5.84 Å². The molecule has 104 valence electrons. The first-order chi connectivity index (χ1) is 9.66. The number of nitrogens with zero attached hydrogens (tertiary/aromatic N) is 1. The van der Waals surface area contributed by atoms with Crippen molar-refractivity contribution in [2.75, 3.05) is 18.0 Å². The van der Waals surface area contributed by atoms with Gasteiger partial charge in [0.05, 0.1) is 6.10 Å². The molecule has 0 unspecified atom stereocenters. The van der Waals surface area contributed by atoms with E-state index in [9.17, 15) is 5.11 Å². The number of aliphatic hydroxyl groups is 1. The Morgan fingerprint density at radius 2 is 1.75 bits per heavy atom. The highest BCUT2D eigenvalue weighted by atomic mass is 16.3. The van der Waals surface area contributed by atoms with Crippen molar-refractivity contribution < 1.29 is 5.11 Å². The summed E-state index contributed by atoms with van der Waals surface area (Å²) in [6.45, 7) is 1.73. The van der Waals surface area contributed by atoms with Crippen LogP contribution in [0.15, 0.2) is 36.4 Å². The summed E-state index contributed by atoms with van der Waals surface area (Å²) in [7, 11) is 0. The molecule has 0 amide bonds. The van der Waals surface area contributed by atoms with E-state index in [1.807, 2.05) is 30.3 Å². The molecule has 1 aliphatic heterocycles. The van der Waals surface area contributed by atoms with Gasteiger partial charge in [-0.15, -0.1) is 0 Å². The number of nitrogens with one attached hydrogen (secondary N) is 1. The summed E-state index contributed by atoms with van der Waals surface area (Å²) in [5.74, 6) is 0.0989. The van der Waals surface area contributed by atoms with E-state index in [1.54, 1.807) is 0 Å². The van der Waals surface area contributed by atoms with Crippen LogP contribution in [0.4, 0.5) is 5.69 Å². The van der Waals surface area contributed by atoms with Crippen molar-refractivity contribution >= 4 is 22.3 Å². The maximum atomic E-state index is 9.63. The van der Waals surface area contributed by atoms with Crippen LogP contribution in [0.2, 0.25) is 0 Å². The van der Waals surface area contributed by atoms with Crippen LogP contribution in [0, 0.1) is 5.41 Å². The van der Waals surface area contributed by atoms with Crippen molar-refractivity contribution in [3.05, 3.63) is 42.0 Å². The summed E-state index contributed by atoms with van der Waals surface area (Å²) < 4.78 is 0. The number of piperidine rings is 1. The second-order valence-electron chi connectivity index (χ2n) is 5.31. The second kappa shape index (κ2) is 5.13. The zero-order valence-corrected chi connectivity index (χ0v) is 11.3. The molecule has 4 heteroatoms. The molecule has 20 heavy (non-hydrogen) atoms. The predicted octanol–water partition coefficient (Wildman–Crippen LogP) is 2.08. The van der Waals surface area contributed by atoms with Crippen molar-refractivity contribution in [3.8, 4) is 0 Å². The van der Waals surface area contributed by atoms with E-state index in [2.05, 4.69) is 11.0 Å². The van der Waals surface area contributed by atoms with Gasteiger partial charge < -0.3 is 15.7 Å². The molecule has 3 rings (SSSR count). The van der Waals surface area contributed by atoms with Gasteiger partial charge in [-0.25, -0.2) is 0 Å². The van der Waals surface area contributed by atoms with Gasteiger partial charge in [-0.2, -0.15) is 0 Å². The maximum Gasteiger partial charge on any atom is 0.123 e. The normalized spacial score (nSPS) is 16.6. The Morgan fingerprint density at radius 3 is 2.40 bits per heavy atom. The summed E-state index contributed by atoms with van der Waals surface area (Å²) in [5, 5.41) is 19.5. The van der Waals surface area contributed by atoms with Crippen LogP contribution < -0.4 is 10.6 Å². The Labute approximate surface area is 118 Å². The third kappa shape index (κ3) is 2.23. The zero-order chi connectivity index (χ0) is 14.1. The van der Waals surface area contributed by atoms with Gasteiger partial charge in [0.15, 0.2) is 0 Å². The third-order valence-corrected chi connectivity index (χ3v) is 4.00. The van der Waals surface area contributed by atoms with E-state index < -0.39 is 0 Å². The number of aliphatic hydroxyl groups excluding tert-OH is 1. The molecule has 1 saturated heterocycles. The molecular weight excluding hydrogens is 250 g/mol. The Kier molecular flexibility index (Phi) is 3.32. The molecule has 1 heterocycles. The molecule has 2 aromatic rings. The smallest absolute Gasteiger partial charge is 0.123 e. The van der Waals surface area contributed by atoms with Crippen molar-refractivity contribution in [3.63, 3.8) is 0 Å². The first kappa shape index (κ1) is 12.9. The lowest BCUT2D eigenvalue weighted by molar-refractivity contribution is 0.145. The lowest BCUT2D eigenvalue weighted by Crippen LogP contribution is -2.35. The summed E-state index contributed by atoms with van der Waals surface area (Å²) in [6.07, 6.45) is 1.44. The second-order valence-corrected chi connectivity index (χ2v) is 5.31. The van der Waals surface area contributed by atoms with Gasteiger partial charge in [-0.1, -0.05) is 24.3 Å². The minimum Gasteiger partial charge on any atom is -0.393 e. The zero-order valence-electron chi connectivity index (χ0n) is 11.3. The fourth-order valence-electron chi connectivity index (χ4n) is 2.90. The van der Waals surface area contributed by atoms with Crippen LogP contribution >= 0.6 is 0 Å². The molecule has 0 bridgehead atoms. The molecule has 0 radical (unpaired) electrons. The Balaban J connectivity index is 2.08. The van der Waals surface area contributed by atoms with Crippen LogP contribution in [0.5, 0.6) is 0 Å². The standard InChI is InChI=1S/C16H19N3O/c17-16(18)14-5-6-15(13-4-2-1-3-12(13)14)19-9-7-11(20)8-10-19/h1-6,11,20H,7-10H2,(H3,17,18). The van der Waals surface area contributed by atoms with Gasteiger partial charge in [0, 0.05) is 29.7 Å². The average molecular weight is 269 g/mol. The lowest BCUT2D eigenvalue weighted by atomic mass is 9.99. The Hall–Kier alpha value is -2.07. The number of fused-ring (bicyclic) bond motifs is 1. The van der Waals surface area contributed by atoms with E-state index in [0.29, 0.717) is 0 Å². The number of nitrogens with two attached hydrogens (primary N) is 1. The minimum absolute atomic E-state index is 0.0989. The summed E-state index contributed by atoms with van der Waals surface area (Å²) in [5.41, 5.74) is 7.61. The SMILES string of the molecule is N=C(N)c1ccc(N2CCC(O)CC2)c2ccccc12. The fourth-order valence-corrected chi connectivity index (χ4v) is 2.90. The van der Waals surface area contributed by atoms with Crippen LogP contribution in [-0.4, -0.2) is 30.1 Å². The first-order valence-corrected chi connectivity index (χ1v) is 6.96. The van der Waals surface area contributed by atoms with E-state index in [1.165, 1.54) is 0 Å². The predicted molar refractivity (Wildman–Crippen MR) is 82.4 cm³/mol. The van der Waals surface area contributed by atoms with E-state index in [-0.39, 0.29) is 11.9 Å². The van der Waals surface area contributed by atoms with Gasteiger partial charge in [-0.05, 0) is 30.4 Å². The van der Waals surface area contributed by atoms with E-state index in [0.717, 1.165) is 48.0 Å². The number of hydrogen-bond donors (Lipinski definition) is 3. The lowest BCUT2D eigenvalue weighted by Gasteiger charge is -2.32. The minimum atomic E-state index is -0.172. The summed E-state index contributed by atoms with van der Waals surface area (Å²) in [4.78, 5) is 2.30. The van der Waals surface area contributed by atoms with Crippen molar-refractivity contribution in [2.24, 2.45) is 5.73 Å². The molecule has 2 aromatic carbocycles. The topological polar surface area (TPSA) is 73.3 Å². The fraction of sp³-hybridized carbons (Fsp3) is 0.312. The molecule has 0 spiro atoms. The van der Waals surface area contributed by atoms with Gasteiger partial charge in [0.2, 0.25) is 0 Å². The number of anilines is 1. The maximum absolute atomic E-state index is 9.63. The average Bonchev–Trinajstić information content (AvgIpc) is 2.47. The monoisotopic (exact) mass is 269 g/mol. The van der Waals surface area contributed by atoms with Crippen LogP contribution in [-0.2, 0) is 0 Å². The number of amidine groups is 1. The molecule has 0 atom stereocenters. The number of rotatable bonds is 2. The molecule has 1 aliphatic rings. The molecule has 0 saturated carbocycles. The third-order valence-electron chi connectivity index (χ3n) is 4.00.